The molecular weight excluding hydrogens is 412 g/mol. The summed E-state index contributed by atoms with van der Waals surface area (Å²) in [6.45, 7) is 9.15. The van der Waals surface area contributed by atoms with Crippen LogP contribution in [0.4, 0.5) is 0 Å². The number of aryl methyl sites for hydroxylation is 1. The zero-order valence-electron chi connectivity index (χ0n) is 19.2. The van der Waals surface area contributed by atoms with E-state index in [0.29, 0.717) is 50.1 Å². The molecule has 0 bridgehead atoms. The van der Waals surface area contributed by atoms with Crippen LogP contribution in [0.25, 0.3) is 0 Å². The highest BCUT2D eigenvalue weighted by atomic mass is 16.5. The van der Waals surface area contributed by atoms with E-state index in [1.165, 1.54) is 0 Å². The van der Waals surface area contributed by atoms with Gasteiger partial charge in [0.05, 0.1) is 26.4 Å². The fourth-order valence-electron chi connectivity index (χ4n) is 2.91. The van der Waals surface area contributed by atoms with Crippen molar-refractivity contribution >= 4 is 11.8 Å². The molecule has 2 aromatic carbocycles. The van der Waals surface area contributed by atoms with Crippen molar-refractivity contribution < 1.29 is 28.5 Å². The number of carbonyl (C=O) groups is 2. The fraction of sp³-hybridized carbons (Fsp3) is 0.417. The first-order valence-electron chi connectivity index (χ1n) is 10.8. The fourth-order valence-corrected chi connectivity index (χ4v) is 2.91. The van der Waals surface area contributed by atoms with Crippen LogP contribution < -0.4 is 29.8 Å². The lowest BCUT2D eigenvalue weighted by Crippen LogP contribution is -2.41. The molecule has 8 nitrogen and oxygen atoms in total. The predicted octanol–water partition coefficient (Wildman–Crippen LogP) is 3.81. The molecule has 8 heteroatoms. The van der Waals surface area contributed by atoms with Crippen LogP contribution in [-0.2, 0) is 4.79 Å². The number of hydrogen-bond acceptors (Lipinski definition) is 6. The minimum Gasteiger partial charge on any atom is -0.494 e. The van der Waals surface area contributed by atoms with E-state index >= 15 is 0 Å². The third-order valence-electron chi connectivity index (χ3n) is 4.29. The van der Waals surface area contributed by atoms with E-state index in [0.717, 1.165) is 11.3 Å². The van der Waals surface area contributed by atoms with Crippen molar-refractivity contribution in [2.24, 2.45) is 0 Å². The Hall–Kier alpha value is -3.42. The molecule has 0 atom stereocenters. The molecule has 0 saturated heterocycles. The van der Waals surface area contributed by atoms with Gasteiger partial charge in [-0.25, -0.2) is 0 Å². The van der Waals surface area contributed by atoms with Crippen molar-refractivity contribution in [1.82, 2.24) is 10.9 Å². The molecule has 0 spiro atoms. The van der Waals surface area contributed by atoms with E-state index in [1.54, 1.807) is 12.1 Å². The Kier molecular flexibility index (Phi) is 10.2. The van der Waals surface area contributed by atoms with Gasteiger partial charge in [-0.15, -0.1) is 0 Å². The zero-order valence-corrected chi connectivity index (χ0v) is 19.2. The van der Waals surface area contributed by atoms with Crippen LogP contribution in [0.5, 0.6) is 23.0 Å². The first-order chi connectivity index (χ1) is 15.5. The van der Waals surface area contributed by atoms with Gasteiger partial charge in [-0.1, -0.05) is 12.1 Å². The molecule has 0 radical (unpaired) electrons. The van der Waals surface area contributed by atoms with Gasteiger partial charge >= 0.3 is 0 Å². The van der Waals surface area contributed by atoms with Gasteiger partial charge in [-0.3, -0.25) is 20.4 Å². The molecule has 0 aliphatic heterocycles. The van der Waals surface area contributed by atoms with Crippen LogP contribution >= 0.6 is 0 Å². The van der Waals surface area contributed by atoms with Crippen LogP contribution in [0.2, 0.25) is 0 Å². The average Bonchev–Trinajstić information content (AvgIpc) is 2.77. The summed E-state index contributed by atoms with van der Waals surface area (Å²) in [5.41, 5.74) is 6.24. The smallest absolute Gasteiger partial charge is 0.269 e. The van der Waals surface area contributed by atoms with E-state index in [-0.39, 0.29) is 17.9 Å². The van der Waals surface area contributed by atoms with E-state index < -0.39 is 5.91 Å². The topological polar surface area (TPSA) is 95.1 Å². The van der Waals surface area contributed by atoms with Crippen molar-refractivity contribution in [2.75, 3.05) is 26.4 Å². The van der Waals surface area contributed by atoms with Gasteiger partial charge < -0.3 is 18.9 Å². The summed E-state index contributed by atoms with van der Waals surface area (Å²) in [4.78, 5) is 24.6. The molecule has 0 aromatic heterocycles. The second kappa shape index (κ2) is 13.1. The van der Waals surface area contributed by atoms with Crippen LogP contribution in [0.3, 0.4) is 0 Å². The van der Waals surface area contributed by atoms with Gasteiger partial charge in [-0.05, 0) is 63.9 Å². The number of hydrazine groups is 1. The highest BCUT2D eigenvalue weighted by Gasteiger charge is 2.18. The summed E-state index contributed by atoms with van der Waals surface area (Å²) in [6, 6.07) is 10.8. The van der Waals surface area contributed by atoms with Crippen molar-refractivity contribution in [2.45, 2.75) is 40.5 Å². The third-order valence-corrected chi connectivity index (χ3v) is 4.29. The van der Waals surface area contributed by atoms with Crippen molar-refractivity contribution in [3.05, 3.63) is 47.5 Å². The molecule has 2 rings (SSSR count). The average molecular weight is 445 g/mol. The van der Waals surface area contributed by atoms with Crippen molar-refractivity contribution in [3.63, 3.8) is 0 Å². The molecule has 174 valence electrons. The standard InChI is InChI=1S/C24H32N2O6/c1-5-29-20-15-18(16-21(30-6-2)23(20)31-7-3)24(28)26-25-22(27)12-9-13-32-19-11-8-10-17(4)14-19/h8,10-11,14-16H,5-7,9,12-13H2,1-4H3,(H,25,27)(H,26,28). The van der Waals surface area contributed by atoms with Crippen LogP contribution in [-0.4, -0.2) is 38.2 Å². The maximum Gasteiger partial charge on any atom is 0.269 e. The van der Waals surface area contributed by atoms with E-state index in [4.69, 9.17) is 18.9 Å². The van der Waals surface area contributed by atoms with E-state index in [9.17, 15) is 9.59 Å². The van der Waals surface area contributed by atoms with Gasteiger partial charge in [-0.2, -0.15) is 0 Å². The molecule has 0 unspecified atom stereocenters. The normalized spacial score (nSPS) is 10.2. The number of amides is 2. The number of ether oxygens (including phenoxy) is 4. The lowest BCUT2D eigenvalue weighted by atomic mass is 10.1. The van der Waals surface area contributed by atoms with E-state index in [2.05, 4.69) is 10.9 Å². The molecule has 0 heterocycles. The maximum atomic E-state index is 12.6. The second-order valence-corrected chi connectivity index (χ2v) is 6.87. The first-order valence-corrected chi connectivity index (χ1v) is 10.8. The highest BCUT2D eigenvalue weighted by Crippen LogP contribution is 2.39. The summed E-state index contributed by atoms with van der Waals surface area (Å²) in [6.07, 6.45) is 0.728. The van der Waals surface area contributed by atoms with Crippen molar-refractivity contribution in [1.29, 1.82) is 0 Å². The number of rotatable bonds is 12. The Balaban J connectivity index is 1.89. The number of hydrogen-bond donors (Lipinski definition) is 2. The van der Waals surface area contributed by atoms with Crippen LogP contribution in [0.1, 0.15) is 49.5 Å². The molecule has 2 aromatic rings. The quantitative estimate of drug-likeness (QED) is 0.382. The summed E-state index contributed by atoms with van der Waals surface area (Å²) in [5, 5.41) is 0. The van der Waals surface area contributed by atoms with Crippen LogP contribution in [0, 0.1) is 6.92 Å². The second-order valence-electron chi connectivity index (χ2n) is 6.87. The van der Waals surface area contributed by atoms with Crippen LogP contribution in [0.15, 0.2) is 36.4 Å². The lowest BCUT2D eigenvalue weighted by molar-refractivity contribution is -0.122. The minimum absolute atomic E-state index is 0.212. The highest BCUT2D eigenvalue weighted by molar-refractivity contribution is 5.96. The van der Waals surface area contributed by atoms with E-state index in [1.807, 2.05) is 52.0 Å². The Bertz CT molecular complexity index is 873. The Morgan fingerprint density at radius 1 is 0.844 bits per heavy atom. The molecule has 0 aliphatic rings. The minimum atomic E-state index is -0.487. The summed E-state index contributed by atoms with van der Waals surface area (Å²) in [7, 11) is 0. The number of carbonyl (C=O) groups excluding carboxylic acids is 2. The summed E-state index contributed by atoms with van der Waals surface area (Å²) in [5.74, 6) is 1.23. The van der Waals surface area contributed by atoms with Gasteiger partial charge in [0.25, 0.3) is 5.91 Å². The Morgan fingerprint density at radius 3 is 2.09 bits per heavy atom. The SMILES string of the molecule is CCOc1cc(C(=O)NNC(=O)CCCOc2cccc(C)c2)cc(OCC)c1OCC. The molecule has 2 amide bonds. The Morgan fingerprint density at radius 2 is 1.50 bits per heavy atom. The van der Waals surface area contributed by atoms with Crippen molar-refractivity contribution in [3.8, 4) is 23.0 Å². The number of benzene rings is 2. The molecule has 0 aliphatic carbocycles. The Labute approximate surface area is 189 Å². The predicted molar refractivity (Wildman–Crippen MR) is 121 cm³/mol. The molecule has 2 N–H and O–H groups in total. The third kappa shape index (κ3) is 7.68. The molecule has 0 fully saturated rings. The van der Waals surface area contributed by atoms with Gasteiger partial charge in [0.15, 0.2) is 11.5 Å². The molecule has 32 heavy (non-hydrogen) atoms. The number of nitrogens with one attached hydrogen (secondary N) is 2. The summed E-state index contributed by atoms with van der Waals surface area (Å²) < 4.78 is 22.5. The van der Waals surface area contributed by atoms with Gasteiger partial charge in [0.2, 0.25) is 11.7 Å². The monoisotopic (exact) mass is 444 g/mol. The largest absolute Gasteiger partial charge is 0.494 e. The summed E-state index contributed by atoms with van der Waals surface area (Å²) >= 11 is 0. The lowest BCUT2D eigenvalue weighted by Gasteiger charge is -2.17. The maximum absolute atomic E-state index is 12.6. The molecule has 0 saturated carbocycles. The first kappa shape index (κ1) is 24.8. The molecular formula is C24H32N2O6. The zero-order chi connectivity index (χ0) is 23.3. The van der Waals surface area contributed by atoms with Gasteiger partial charge in [0, 0.05) is 12.0 Å². The van der Waals surface area contributed by atoms with Gasteiger partial charge in [0.1, 0.15) is 5.75 Å².